The smallest absolute Gasteiger partial charge is 0.275 e. The highest BCUT2D eigenvalue weighted by atomic mass is 19.1. The van der Waals surface area contributed by atoms with Gasteiger partial charge in [-0.2, -0.15) is 5.10 Å². The second-order valence-corrected chi connectivity index (χ2v) is 6.48. The molecule has 138 valence electrons. The first-order chi connectivity index (χ1) is 13.2. The minimum Gasteiger partial charge on any atom is -0.336 e. The summed E-state index contributed by atoms with van der Waals surface area (Å²) in [7, 11) is 0. The Hall–Kier alpha value is -3.16. The molecule has 1 N–H and O–H groups in total. The highest BCUT2D eigenvalue weighted by Gasteiger charge is 2.39. The van der Waals surface area contributed by atoms with Crippen LogP contribution in [0.3, 0.4) is 0 Å². The first-order valence-corrected chi connectivity index (χ1v) is 8.61. The van der Waals surface area contributed by atoms with E-state index in [1.165, 1.54) is 23.2 Å². The number of aromatic nitrogens is 4. The van der Waals surface area contributed by atoms with E-state index in [-0.39, 0.29) is 24.7 Å². The summed E-state index contributed by atoms with van der Waals surface area (Å²) in [4.78, 5) is 22.3. The molecule has 0 bridgehead atoms. The third kappa shape index (κ3) is 3.30. The third-order valence-electron chi connectivity index (χ3n) is 4.77. The van der Waals surface area contributed by atoms with Crippen LogP contribution in [0.5, 0.6) is 0 Å². The van der Waals surface area contributed by atoms with Gasteiger partial charge in [0.1, 0.15) is 5.82 Å². The molecule has 0 saturated carbocycles. The number of amides is 1. The number of nitrogens with zero attached hydrogens (tertiary/aromatic N) is 4. The number of aromatic amines is 1. The van der Waals surface area contributed by atoms with Crippen LogP contribution in [0.25, 0.3) is 11.4 Å². The van der Waals surface area contributed by atoms with Crippen LogP contribution in [-0.2, 0) is 0 Å². The minimum absolute atomic E-state index is 0.178. The number of likely N-dealkylation sites (tertiary alicyclic amines) is 1. The highest BCUT2D eigenvalue weighted by molar-refractivity contribution is 5.92. The molecule has 0 spiro atoms. The fourth-order valence-corrected chi connectivity index (χ4v) is 3.35. The molecule has 27 heavy (non-hydrogen) atoms. The molecular formula is C19H17F2N5O. The predicted octanol–water partition coefficient (Wildman–Crippen LogP) is 2.83. The van der Waals surface area contributed by atoms with Crippen molar-refractivity contribution in [2.75, 3.05) is 19.8 Å². The van der Waals surface area contributed by atoms with Gasteiger partial charge in [0.25, 0.3) is 5.91 Å². The molecular weight excluding hydrogens is 352 g/mol. The van der Waals surface area contributed by atoms with Gasteiger partial charge in [-0.15, -0.1) is 0 Å². The second-order valence-electron chi connectivity index (χ2n) is 6.48. The van der Waals surface area contributed by atoms with Gasteiger partial charge in [0.05, 0.1) is 6.67 Å². The second kappa shape index (κ2) is 7.22. The molecule has 3 aromatic rings. The van der Waals surface area contributed by atoms with Crippen molar-refractivity contribution in [3.05, 3.63) is 66.0 Å². The van der Waals surface area contributed by atoms with E-state index in [2.05, 4.69) is 20.2 Å². The summed E-state index contributed by atoms with van der Waals surface area (Å²) >= 11 is 0. The fraction of sp³-hybridized carbons (Fsp3) is 0.263. The Balaban J connectivity index is 1.56. The number of pyridine rings is 1. The molecule has 2 aromatic heterocycles. The van der Waals surface area contributed by atoms with E-state index in [0.29, 0.717) is 11.6 Å². The van der Waals surface area contributed by atoms with Gasteiger partial charge >= 0.3 is 0 Å². The van der Waals surface area contributed by atoms with Crippen molar-refractivity contribution in [1.29, 1.82) is 0 Å². The maximum Gasteiger partial charge on any atom is 0.275 e. The van der Waals surface area contributed by atoms with E-state index < -0.39 is 24.3 Å². The van der Waals surface area contributed by atoms with Gasteiger partial charge < -0.3 is 4.90 Å². The van der Waals surface area contributed by atoms with Crippen LogP contribution in [0, 0.1) is 11.7 Å². The van der Waals surface area contributed by atoms with Crippen LogP contribution < -0.4 is 0 Å². The molecule has 1 aliphatic heterocycles. The number of hydrogen-bond acceptors (Lipinski definition) is 4. The van der Waals surface area contributed by atoms with Crippen molar-refractivity contribution < 1.29 is 13.6 Å². The summed E-state index contributed by atoms with van der Waals surface area (Å²) in [6.45, 7) is -0.204. The first-order valence-electron chi connectivity index (χ1n) is 8.61. The molecule has 0 radical (unpaired) electrons. The standard InChI is InChI=1S/C19H17F2N5O/c20-9-13-10-26(19(27)16-15(21)7-4-8-22-16)11-14(13)18-23-17(24-25-18)12-5-2-1-3-6-12/h1-8,13-14H,9-11H2,(H,23,24,25)/t13-,14-/m1/s1. The number of benzene rings is 1. The summed E-state index contributed by atoms with van der Waals surface area (Å²) in [6, 6.07) is 12.0. The van der Waals surface area contributed by atoms with Crippen molar-refractivity contribution in [2.45, 2.75) is 5.92 Å². The van der Waals surface area contributed by atoms with Crippen LogP contribution in [0.1, 0.15) is 22.2 Å². The van der Waals surface area contributed by atoms with E-state index in [1.807, 2.05) is 30.3 Å². The monoisotopic (exact) mass is 369 g/mol. The Kier molecular flexibility index (Phi) is 4.62. The quantitative estimate of drug-likeness (QED) is 0.767. The van der Waals surface area contributed by atoms with Crippen molar-refractivity contribution in [1.82, 2.24) is 25.1 Å². The van der Waals surface area contributed by atoms with Crippen LogP contribution in [0.2, 0.25) is 0 Å². The average Bonchev–Trinajstić information content (AvgIpc) is 3.35. The number of alkyl halides is 1. The number of rotatable bonds is 4. The normalized spacial score (nSPS) is 19.4. The van der Waals surface area contributed by atoms with E-state index in [0.717, 1.165) is 5.56 Å². The Labute approximate surface area is 154 Å². The molecule has 2 atom stereocenters. The number of hydrogen-bond donors (Lipinski definition) is 1. The van der Waals surface area contributed by atoms with Crippen LogP contribution in [0.4, 0.5) is 8.78 Å². The summed E-state index contributed by atoms with van der Waals surface area (Å²) in [5.74, 6) is -0.962. The lowest BCUT2D eigenvalue weighted by Crippen LogP contribution is -2.30. The molecule has 1 aliphatic rings. The van der Waals surface area contributed by atoms with Gasteiger partial charge in [0.15, 0.2) is 17.3 Å². The van der Waals surface area contributed by atoms with E-state index in [1.54, 1.807) is 0 Å². The number of carbonyl (C=O) groups is 1. The van der Waals surface area contributed by atoms with Crippen LogP contribution in [-0.4, -0.2) is 50.7 Å². The molecule has 8 heteroatoms. The fourth-order valence-electron chi connectivity index (χ4n) is 3.35. The number of halogens is 2. The van der Waals surface area contributed by atoms with Gasteiger partial charge in [0.2, 0.25) is 0 Å². The van der Waals surface area contributed by atoms with Gasteiger partial charge in [-0.1, -0.05) is 30.3 Å². The van der Waals surface area contributed by atoms with Gasteiger partial charge in [-0.3, -0.25) is 14.3 Å². The number of carbonyl (C=O) groups excluding carboxylic acids is 1. The molecule has 4 rings (SSSR count). The highest BCUT2D eigenvalue weighted by Crippen LogP contribution is 2.32. The van der Waals surface area contributed by atoms with Gasteiger partial charge in [-0.05, 0) is 12.1 Å². The summed E-state index contributed by atoms with van der Waals surface area (Å²) in [5.41, 5.74) is 0.594. The molecule has 1 amide bonds. The molecule has 1 aromatic carbocycles. The van der Waals surface area contributed by atoms with Gasteiger partial charge in [-0.25, -0.2) is 14.4 Å². The van der Waals surface area contributed by atoms with Crippen LogP contribution >= 0.6 is 0 Å². The SMILES string of the molecule is O=C(c1ncccc1F)N1C[C@@H](CF)[C@H](c2nc(-c3ccccc3)n[nH]2)C1. The Bertz CT molecular complexity index is 946. The Morgan fingerprint density at radius 1 is 1.19 bits per heavy atom. The largest absolute Gasteiger partial charge is 0.336 e. The zero-order valence-corrected chi connectivity index (χ0v) is 14.3. The first kappa shape index (κ1) is 17.3. The molecule has 6 nitrogen and oxygen atoms in total. The lowest BCUT2D eigenvalue weighted by molar-refractivity contribution is 0.0773. The number of nitrogens with one attached hydrogen (secondary N) is 1. The van der Waals surface area contributed by atoms with E-state index in [9.17, 15) is 13.6 Å². The van der Waals surface area contributed by atoms with Crippen molar-refractivity contribution >= 4 is 5.91 Å². The maximum atomic E-state index is 13.9. The van der Waals surface area contributed by atoms with Gasteiger partial charge in [0, 0.05) is 36.7 Å². The zero-order valence-electron chi connectivity index (χ0n) is 14.3. The Morgan fingerprint density at radius 2 is 2.00 bits per heavy atom. The average molecular weight is 369 g/mol. The lowest BCUT2D eigenvalue weighted by Gasteiger charge is -2.15. The van der Waals surface area contributed by atoms with E-state index in [4.69, 9.17) is 0 Å². The predicted molar refractivity (Wildman–Crippen MR) is 94.1 cm³/mol. The number of H-pyrrole nitrogens is 1. The maximum absolute atomic E-state index is 13.9. The van der Waals surface area contributed by atoms with Crippen LogP contribution in [0.15, 0.2) is 48.7 Å². The summed E-state index contributed by atoms with van der Waals surface area (Å²) in [6.07, 6.45) is 1.36. The Morgan fingerprint density at radius 3 is 2.74 bits per heavy atom. The molecule has 0 unspecified atom stereocenters. The molecule has 3 heterocycles. The molecule has 1 fully saturated rings. The molecule has 0 aliphatic carbocycles. The summed E-state index contributed by atoms with van der Waals surface area (Å²) < 4.78 is 27.5. The van der Waals surface area contributed by atoms with E-state index >= 15 is 0 Å². The van der Waals surface area contributed by atoms with Crippen molar-refractivity contribution in [3.8, 4) is 11.4 Å². The topological polar surface area (TPSA) is 74.8 Å². The van der Waals surface area contributed by atoms with Crippen molar-refractivity contribution in [2.24, 2.45) is 5.92 Å². The minimum atomic E-state index is -0.686. The summed E-state index contributed by atoms with van der Waals surface area (Å²) in [5, 5.41) is 7.07. The van der Waals surface area contributed by atoms with Crippen molar-refractivity contribution in [3.63, 3.8) is 0 Å². The molecule has 1 saturated heterocycles. The lowest BCUT2D eigenvalue weighted by atomic mass is 9.97. The third-order valence-corrected chi connectivity index (χ3v) is 4.77. The zero-order chi connectivity index (χ0) is 18.8.